The summed E-state index contributed by atoms with van der Waals surface area (Å²) in [6.07, 6.45) is 0. The van der Waals surface area contributed by atoms with Crippen molar-refractivity contribution in [2.45, 2.75) is 13.8 Å². The Labute approximate surface area is 131 Å². The van der Waals surface area contributed by atoms with E-state index in [9.17, 15) is 4.79 Å². The van der Waals surface area contributed by atoms with Gasteiger partial charge in [-0.3, -0.25) is 4.79 Å². The molecule has 22 heavy (non-hydrogen) atoms. The molecule has 0 unspecified atom stereocenters. The first-order valence-corrected chi connectivity index (χ1v) is 7.42. The molecule has 3 aromatic carbocycles. The minimum atomic E-state index is 0.0639. The Morgan fingerprint density at radius 1 is 0.636 bits per heavy atom. The highest BCUT2D eigenvalue weighted by Gasteiger charge is 2.09. The average molecular weight is 286 g/mol. The molecule has 0 amide bonds. The number of ketones is 1. The minimum absolute atomic E-state index is 0.0639. The van der Waals surface area contributed by atoms with Crippen molar-refractivity contribution in [3.05, 3.63) is 95.1 Å². The Morgan fingerprint density at radius 2 is 1.23 bits per heavy atom. The first-order chi connectivity index (χ1) is 10.6. The van der Waals surface area contributed by atoms with Crippen molar-refractivity contribution in [2.75, 3.05) is 0 Å². The number of rotatable bonds is 3. The molecule has 0 saturated carbocycles. The third-order valence-corrected chi connectivity index (χ3v) is 3.82. The van der Waals surface area contributed by atoms with Gasteiger partial charge < -0.3 is 0 Å². The van der Waals surface area contributed by atoms with E-state index in [1.54, 1.807) is 0 Å². The van der Waals surface area contributed by atoms with Gasteiger partial charge in [-0.15, -0.1) is 0 Å². The van der Waals surface area contributed by atoms with E-state index >= 15 is 0 Å². The monoisotopic (exact) mass is 286 g/mol. The lowest BCUT2D eigenvalue weighted by Gasteiger charge is -2.06. The van der Waals surface area contributed by atoms with Gasteiger partial charge in [0.15, 0.2) is 5.78 Å². The standard InChI is InChI=1S/C21H18O/c1-15-6-10-17(11-7-15)19-4-3-5-20(14-19)21(22)18-12-8-16(2)9-13-18/h3-14H,1-2H3. The van der Waals surface area contributed by atoms with E-state index < -0.39 is 0 Å². The van der Waals surface area contributed by atoms with Crippen molar-refractivity contribution < 1.29 is 4.79 Å². The van der Waals surface area contributed by atoms with Crippen molar-refractivity contribution in [2.24, 2.45) is 0 Å². The van der Waals surface area contributed by atoms with Crippen LogP contribution < -0.4 is 0 Å². The molecule has 0 spiro atoms. The topological polar surface area (TPSA) is 17.1 Å². The Morgan fingerprint density at radius 3 is 1.86 bits per heavy atom. The van der Waals surface area contributed by atoms with Gasteiger partial charge in [0.1, 0.15) is 0 Å². The quantitative estimate of drug-likeness (QED) is 0.605. The summed E-state index contributed by atoms with van der Waals surface area (Å²) in [6, 6.07) is 23.9. The number of aryl methyl sites for hydroxylation is 2. The molecule has 0 fully saturated rings. The molecule has 0 bridgehead atoms. The fourth-order valence-electron chi connectivity index (χ4n) is 2.46. The Balaban J connectivity index is 1.95. The third-order valence-electron chi connectivity index (χ3n) is 3.82. The van der Waals surface area contributed by atoms with Gasteiger partial charge in [-0.2, -0.15) is 0 Å². The SMILES string of the molecule is Cc1ccc(C(=O)c2cccc(-c3ccc(C)cc3)c2)cc1. The average Bonchev–Trinajstić information content (AvgIpc) is 2.56. The van der Waals surface area contributed by atoms with Gasteiger partial charge in [0, 0.05) is 11.1 Å². The highest BCUT2D eigenvalue weighted by atomic mass is 16.1. The lowest BCUT2D eigenvalue weighted by Crippen LogP contribution is -2.01. The van der Waals surface area contributed by atoms with Gasteiger partial charge in [-0.25, -0.2) is 0 Å². The van der Waals surface area contributed by atoms with Crippen LogP contribution in [0.25, 0.3) is 11.1 Å². The molecular formula is C21H18O. The Bertz CT molecular complexity index is 796. The molecular weight excluding hydrogens is 268 g/mol. The summed E-state index contributed by atoms with van der Waals surface area (Å²) >= 11 is 0. The third kappa shape index (κ3) is 2.99. The maximum absolute atomic E-state index is 12.6. The van der Waals surface area contributed by atoms with E-state index in [1.165, 1.54) is 5.56 Å². The van der Waals surface area contributed by atoms with E-state index in [2.05, 4.69) is 31.2 Å². The molecule has 0 aliphatic carbocycles. The molecule has 0 aliphatic rings. The van der Waals surface area contributed by atoms with E-state index in [0.29, 0.717) is 0 Å². The number of carbonyl (C=O) groups excluding carboxylic acids is 1. The van der Waals surface area contributed by atoms with Crippen LogP contribution in [-0.2, 0) is 0 Å². The lowest BCUT2D eigenvalue weighted by atomic mass is 9.97. The largest absolute Gasteiger partial charge is 0.289 e. The summed E-state index contributed by atoms with van der Waals surface area (Å²) in [5, 5.41) is 0. The smallest absolute Gasteiger partial charge is 0.193 e. The summed E-state index contributed by atoms with van der Waals surface area (Å²) in [5.74, 6) is 0.0639. The molecule has 0 N–H and O–H groups in total. The summed E-state index contributed by atoms with van der Waals surface area (Å²) < 4.78 is 0. The molecule has 1 heteroatoms. The zero-order valence-electron chi connectivity index (χ0n) is 12.8. The molecule has 0 atom stereocenters. The highest BCUT2D eigenvalue weighted by molar-refractivity contribution is 6.09. The molecule has 0 aromatic heterocycles. The fourth-order valence-corrected chi connectivity index (χ4v) is 2.46. The van der Waals surface area contributed by atoms with Crippen molar-refractivity contribution in [1.29, 1.82) is 0 Å². The van der Waals surface area contributed by atoms with Crippen LogP contribution in [0.4, 0.5) is 0 Å². The van der Waals surface area contributed by atoms with Crippen molar-refractivity contribution in [3.8, 4) is 11.1 Å². The van der Waals surface area contributed by atoms with E-state index in [1.807, 2.05) is 55.5 Å². The van der Waals surface area contributed by atoms with Crippen molar-refractivity contribution in [3.63, 3.8) is 0 Å². The maximum atomic E-state index is 12.6. The summed E-state index contributed by atoms with van der Waals surface area (Å²) in [4.78, 5) is 12.6. The fraction of sp³-hybridized carbons (Fsp3) is 0.0952. The van der Waals surface area contributed by atoms with Crippen LogP contribution in [0.15, 0.2) is 72.8 Å². The molecule has 108 valence electrons. The molecule has 0 aliphatic heterocycles. The van der Waals surface area contributed by atoms with Crippen LogP contribution in [0.1, 0.15) is 27.0 Å². The Hall–Kier alpha value is -2.67. The zero-order chi connectivity index (χ0) is 15.5. The summed E-state index contributed by atoms with van der Waals surface area (Å²) in [6.45, 7) is 4.09. The predicted molar refractivity (Wildman–Crippen MR) is 91.2 cm³/mol. The van der Waals surface area contributed by atoms with Gasteiger partial charge in [-0.05, 0) is 31.0 Å². The van der Waals surface area contributed by atoms with Gasteiger partial charge >= 0.3 is 0 Å². The van der Waals surface area contributed by atoms with Crippen LogP contribution in [-0.4, -0.2) is 5.78 Å². The molecule has 0 saturated heterocycles. The van der Waals surface area contributed by atoms with Gasteiger partial charge in [0.2, 0.25) is 0 Å². The molecule has 0 radical (unpaired) electrons. The van der Waals surface area contributed by atoms with E-state index in [4.69, 9.17) is 0 Å². The molecule has 1 nitrogen and oxygen atoms in total. The number of hydrogen-bond acceptors (Lipinski definition) is 1. The zero-order valence-corrected chi connectivity index (χ0v) is 12.8. The Kier molecular flexibility index (Phi) is 3.88. The first-order valence-electron chi connectivity index (χ1n) is 7.42. The molecule has 0 heterocycles. The van der Waals surface area contributed by atoms with E-state index in [-0.39, 0.29) is 5.78 Å². The second-order valence-corrected chi connectivity index (χ2v) is 5.64. The van der Waals surface area contributed by atoms with Gasteiger partial charge in [-0.1, -0.05) is 77.9 Å². The second-order valence-electron chi connectivity index (χ2n) is 5.64. The van der Waals surface area contributed by atoms with Crippen LogP contribution in [0.5, 0.6) is 0 Å². The van der Waals surface area contributed by atoms with Gasteiger partial charge in [0.05, 0.1) is 0 Å². The number of benzene rings is 3. The van der Waals surface area contributed by atoms with Crippen molar-refractivity contribution in [1.82, 2.24) is 0 Å². The van der Waals surface area contributed by atoms with Crippen LogP contribution in [0, 0.1) is 13.8 Å². The van der Waals surface area contributed by atoms with E-state index in [0.717, 1.165) is 27.8 Å². The molecule has 3 aromatic rings. The molecule has 3 rings (SSSR count). The van der Waals surface area contributed by atoms with Crippen molar-refractivity contribution >= 4 is 5.78 Å². The highest BCUT2D eigenvalue weighted by Crippen LogP contribution is 2.22. The summed E-state index contributed by atoms with van der Waals surface area (Å²) in [5.41, 5.74) is 6.04. The van der Waals surface area contributed by atoms with Crippen LogP contribution in [0.2, 0.25) is 0 Å². The lowest BCUT2D eigenvalue weighted by molar-refractivity contribution is 0.103. The summed E-state index contributed by atoms with van der Waals surface area (Å²) in [7, 11) is 0. The second kappa shape index (κ2) is 5.98. The number of carbonyl (C=O) groups is 1. The maximum Gasteiger partial charge on any atom is 0.193 e. The minimum Gasteiger partial charge on any atom is -0.289 e. The number of hydrogen-bond donors (Lipinski definition) is 0. The van der Waals surface area contributed by atoms with Gasteiger partial charge in [0.25, 0.3) is 0 Å². The first kappa shape index (κ1) is 14.3. The van der Waals surface area contributed by atoms with Crippen LogP contribution in [0.3, 0.4) is 0 Å². The predicted octanol–water partition coefficient (Wildman–Crippen LogP) is 5.20. The van der Waals surface area contributed by atoms with Crippen LogP contribution >= 0.6 is 0 Å². The normalized spacial score (nSPS) is 10.5.